The number of pyridine rings is 1. The number of nitrogens with zero attached hydrogens (tertiary/aromatic N) is 3. The van der Waals surface area contributed by atoms with Crippen molar-refractivity contribution in [1.29, 1.82) is 0 Å². The number of halogens is 1. The number of hydrogen-bond acceptors (Lipinski definition) is 7. The number of carbonyl (C=O) groups is 2. The summed E-state index contributed by atoms with van der Waals surface area (Å²) in [6.45, 7) is 8.79. The van der Waals surface area contributed by atoms with E-state index in [1.807, 2.05) is 140 Å². The molecule has 2 amide bonds. The lowest BCUT2D eigenvalue weighted by molar-refractivity contribution is -0.425. The highest BCUT2D eigenvalue weighted by atomic mass is 35.5. The molecule has 0 saturated heterocycles. The lowest BCUT2D eigenvalue weighted by Gasteiger charge is -2.27. The molecule has 3 heterocycles. The summed E-state index contributed by atoms with van der Waals surface area (Å²) >= 11 is 6.56. The Labute approximate surface area is 389 Å². The van der Waals surface area contributed by atoms with Crippen molar-refractivity contribution < 1.29 is 27.1 Å². The Morgan fingerprint density at radius 1 is 0.727 bits per heavy atom. The van der Waals surface area contributed by atoms with Gasteiger partial charge in [-0.1, -0.05) is 141 Å². The van der Waals surface area contributed by atoms with E-state index in [1.165, 1.54) is 0 Å². The largest absolute Gasteiger partial charge is 0.747 e. The van der Waals surface area contributed by atoms with Crippen LogP contribution in [0, 0.1) is 0 Å². The molecule has 0 bridgehead atoms. The lowest BCUT2D eigenvalue weighted by Crippen LogP contribution is -2.38. The van der Waals surface area contributed by atoms with E-state index in [9.17, 15) is 22.6 Å². The van der Waals surface area contributed by atoms with E-state index >= 15 is 0 Å². The van der Waals surface area contributed by atoms with E-state index in [-0.39, 0.29) is 37.1 Å². The molecular weight excluding hydrogens is 866 g/mol. The molecule has 10 nitrogen and oxygen atoms in total. The molecule has 1 aromatic heterocycles. The van der Waals surface area contributed by atoms with E-state index in [0.29, 0.717) is 22.1 Å². The minimum absolute atomic E-state index is 0.0304. The van der Waals surface area contributed by atoms with Gasteiger partial charge in [0, 0.05) is 63.6 Å². The second-order valence-corrected chi connectivity index (χ2v) is 19.4. The molecule has 12 heteroatoms. The second-order valence-electron chi connectivity index (χ2n) is 17.7. The standard InChI is InChI=1S/C54H48ClN5O5S/c1-53(2)46(24-6-5-7-25-47-54(3,4)50-39-20-12-9-17-36(39)27-29-45(50)60(47)34-66(63,64)65)59(44-28-26-35-16-8-11-19-38(35)49(44)53)33-48(61)56-30-31-57-52(62)43-32-37-18-10-13-21-40(37)51(58-43)41-22-14-15-23-42(41)55/h5-29,32H,30-31,33-34H2,1-4H3,(H2-,56,57,61,62,63,64,65). The SMILES string of the molecule is CC1(C)C(/C=C/C=C/C=C2\N(CS(=O)(=O)[O-])c3ccc4ccccc4c3C2(C)C)=[N+](CC(=O)NCCNC(=O)c2cc3ccccc3c(-c3ccccc3Cl)n2)c2ccc3ccccc3c21. The van der Waals surface area contributed by atoms with Gasteiger partial charge in [-0.3, -0.25) is 9.59 Å². The van der Waals surface area contributed by atoms with Crippen LogP contribution in [0.5, 0.6) is 0 Å². The normalized spacial score (nSPS) is 16.0. The molecule has 6 aromatic carbocycles. The van der Waals surface area contributed by atoms with Crippen LogP contribution >= 0.6 is 11.6 Å². The molecule has 2 aliphatic heterocycles. The van der Waals surface area contributed by atoms with Gasteiger partial charge in [0.1, 0.15) is 21.7 Å². The predicted octanol–water partition coefficient (Wildman–Crippen LogP) is 10.1. The third kappa shape index (κ3) is 8.30. The number of carbonyl (C=O) groups excluding carboxylic acids is 2. The maximum Gasteiger partial charge on any atom is 0.286 e. The summed E-state index contributed by atoms with van der Waals surface area (Å²) in [5, 5.41) is 12.4. The number of benzene rings is 6. The number of nitrogens with one attached hydrogen (secondary N) is 2. The lowest BCUT2D eigenvalue weighted by atomic mass is 9.79. The molecule has 0 unspecified atom stereocenters. The van der Waals surface area contributed by atoms with E-state index in [1.54, 1.807) is 17.0 Å². The second kappa shape index (κ2) is 17.5. The molecule has 0 atom stereocenters. The van der Waals surface area contributed by atoms with Gasteiger partial charge < -0.3 is 20.1 Å². The van der Waals surface area contributed by atoms with Crippen LogP contribution in [-0.4, -0.2) is 65.6 Å². The van der Waals surface area contributed by atoms with E-state index in [0.717, 1.165) is 60.4 Å². The summed E-state index contributed by atoms with van der Waals surface area (Å²) in [6.07, 6.45) is 9.52. The number of amides is 2. The number of fused-ring (bicyclic) bond motifs is 7. The molecule has 66 heavy (non-hydrogen) atoms. The van der Waals surface area contributed by atoms with Gasteiger partial charge >= 0.3 is 0 Å². The Balaban J connectivity index is 0.952. The fourth-order valence-electron chi connectivity index (χ4n) is 9.74. The van der Waals surface area contributed by atoms with Gasteiger partial charge in [0.05, 0.1) is 11.1 Å². The van der Waals surface area contributed by atoms with E-state index < -0.39 is 26.8 Å². The van der Waals surface area contributed by atoms with Crippen LogP contribution < -0.4 is 15.5 Å². The van der Waals surface area contributed by atoms with Gasteiger partial charge in [0.15, 0.2) is 5.71 Å². The zero-order valence-corrected chi connectivity index (χ0v) is 38.6. The third-order valence-corrected chi connectivity index (χ3v) is 13.6. The van der Waals surface area contributed by atoms with Gasteiger partial charge in [0.25, 0.3) is 11.8 Å². The van der Waals surface area contributed by atoms with Gasteiger partial charge in [-0.25, -0.2) is 13.4 Å². The topological polar surface area (TPSA) is 135 Å². The fourth-order valence-corrected chi connectivity index (χ4v) is 10.6. The van der Waals surface area contributed by atoms with Crippen LogP contribution in [0.4, 0.5) is 11.4 Å². The maximum atomic E-state index is 13.8. The highest BCUT2D eigenvalue weighted by Gasteiger charge is 2.46. The molecule has 9 rings (SSSR count). The zero-order valence-electron chi connectivity index (χ0n) is 37.0. The minimum atomic E-state index is -4.61. The van der Waals surface area contributed by atoms with Gasteiger partial charge in [-0.15, -0.1) is 0 Å². The van der Waals surface area contributed by atoms with Crippen LogP contribution in [0.3, 0.4) is 0 Å². The van der Waals surface area contributed by atoms with Crippen molar-refractivity contribution in [3.63, 3.8) is 0 Å². The third-order valence-electron chi connectivity index (χ3n) is 12.7. The van der Waals surface area contributed by atoms with E-state index in [2.05, 4.69) is 48.7 Å². The van der Waals surface area contributed by atoms with Crippen molar-refractivity contribution in [1.82, 2.24) is 15.6 Å². The fraction of sp³-hybridized carbons (Fsp3) is 0.185. The summed E-state index contributed by atoms with van der Waals surface area (Å²) in [6, 6.07) is 41.0. The molecule has 0 aliphatic carbocycles. The van der Waals surface area contributed by atoms with E-state index in [4.69, 9.17) is 16.6 Å². The molecule has 0 radical (unpaired) electrons. The Hall–Kier alpha value is -6.92. The van der Waals surface area contributed by atoms with Crippen molar-refractivity contribution in [3.05, 3.63) is 185 Å². The number of hydrogen-bond donors (Lipinski definition) is 2. The summed E-state index contributed by atoms with van der Waals surface area (Å²) in [4.78, 5) is 33.6. The zero-order chi connectivity index (χ0) is 46.4. The highest BCUT2D eigenvalue weighted by molar-refractivity contribution is 7.85. The smallest absolute Gasteiger partial charge is 0.286 e. The molecule has 0 spiro atoms. The minimum Gasteiger partial charge on any atom is -0.747 e. The van der Waals surface area contributed by atoms with Crippen molar-refractivity contribution in [3.8, 4) is 11.3 Å². The van der Waals surface area contributed by atoms with Crippen LogP contribution in [-0.2, 0) is 25.7 Å². The van der Waals surface area contributed by atoms with Crippen molar-refractivity contribution in [2.45, 2.75) is 38.5 Å². The maximum absolute atomic E-state index is 13.8. The Bertz CT molecular complexity index is 3370. The number of anilines is 1. The van der Waals surface area contributed by atoms with Crippen LogP contribution in [0.25, 0.3) is 43.6 Å². The predicted molar refractivity (Wildman–Crippen MR) is 265 cm³/mol. The van der Waals surface area contributed by atoms with Crippen LogP contribution in [0.1, 0.15) is 49.3 Å². The Morgan fingerprint density at radius 2 is 1.35 bits per heavy atom. The number of allylic oxidation sites excluding steroid dienone is 6. The quantitative estimate of drug-likeness (QED) is 0.0540. The average Bonchev–Trinajstić information content (AvgIpc) is 3.64. The Morgan fingerprint density at radius 3 is 2.06 bits per heavy atom. The first-order chi connectivity index (χ1) is 31.6. The summed E-state index contributed by atoms with van der Waals surface area (Å²) in [5.41, 5.74) is 5.78. The molecule has 2 aliphatic rings. The first-order valence-electron chi connectivity index (χ1n) is 21.8. The van der Waals surface area contributed by atoms with Crippen LogP contribution in [0.15, 0.2) is 163 Å². The molecular formula is C54H48ClN5O5S. The summed E-state index contributed by atoms with van der Waals surface area (Å²) < 4.78 is 38.7. The van der Waals surface area contributed by atoms with Crippen LogP contribution in [0.2, 0.25) is 5.02 Å². The number of aromatic nitrogens is 1. The van der Waals surface area contributed by atoms with Gasteiger partial charge in [0.2, 0.25) is 12.2 Å². The summed E-state index contributed by atoms with van der Waals surface area (Å²) in [7, 11) is -4.61. The Kier molecular flexibility index (Phi) is 11.7. The van der Waals surface area contributed by atoms with Gasteiger partial charge in [-0.2, -0.15) is 4.58 Å². The molecule has 0 fully saturated rings. The molecule has 0 saturated carbocycles. The monoisotopic (exact) mass is 913 g/mol. The highest BCUT2D eigenvalue weighted by Crippen LogP contribution is 2.51. The number of rotatable bonds is 12. The summed E-state index contributed by atoms with van der Waals surface area (Å²) in [5.74, 6) is -1.28. The van der Waals surface area contributed by atoms with Gasteiger partial charge in [-0.05, 0) is 76.7 Å². The molecule has 7 aromatic rings. The first-order valence-corrected chi connectivity index (χ1v) is 23.7. The van der Waals surface area contributed by atoms with Crippen molar-refractivity contribution in [2.24, 2.45) is 0 Å². The van der Waals surface area contributed by atoms with Crippen molar-refractivity contribution in [2.75, 3.05) is 30.4 Å². The average molecular weight is 915 g/mol. The van der Waals surface area contributed by atoms with Crippen molar-refractivity contribution >= 4 is 82.9 Å². The molecule has 2 N–H and O–H groups in total. The molecule has 332 valence electrons. The first kappa shape index (κ1) is 44.3.